The fourth-order valence-corrected chi connectivity index (χ4v) is 2.10. The van der Waals surface area contributed by atoms with Gasteiger partial charge in [0, 0.05) is 26.2 Å². The monoisotopic (exact) mass is 193 g/mol. The Hall–Kier alpha value is -0.170. The zero-order valence-electron chi connectivity index (χ0n) is 7.23. The molecule has 0 bridgehead atoms. The van der Waals surface area contributed by atoms with Gasteiger partial charge in [-0.1, -0.05) is 0 Å². The van der Waals surface area contributed by atoms with E-state index in [2.05, 4.69) is 4.90 Å². The smallest absolute Gasteiger partial charge is 0.227 e. The fourth-order valence-electron chi connectivity index (χ4n) is 1.17. The van der Waals surface area contributed by atoms with Crippen LogP contribution in [0.15, 0.2) is 0 Å². The summed E-state index contributed by atoms with van der Waals surface area (Å²) in [5.41, 5.74) is 5.13. The predicted molar refractivity (Wildman–Crippen MR) is 47.0 cm³/mol. The Morgan fingerprint density at radius 2 is 1.75 bits per heavy atom. The van der Waals surface area contributed by atoms with Gasteiger partial charge in [-0.05, 0) is 7.05 Å². The molecule has 0 radical (unpaired) electrons. The maximum atomic E-state index is 11.2. The third-order valence-electron chi connectivity index (χ3n) is 2.07. The van der Waals surface area contributed by atoms with E-state index in [1.807, 2.05) is 7.05 Å². The van der Waals surface area contributed by atoms with Crippen molar-refractivity contribution in [2.75, 3.05) is 39.1 Å². The third-order valence-corrected chi connectivity index (χ3v) is 3.64. The van der Waals surface area contributed by atoms with Gasteiger partial charge in [0.15, 0.2) is 0 Å². The second-order valence-electron chi connectivity index (χ2n) is 2.98. The second kappa shape index (κ2) is 3.69. The lowest BCUT2D eigenvalue weighted by Crippen LogP contribution is -2.48. The third kappa shape index (κ3) is 2.16. The van der Waals surface area contributed by atoms with Gasteiger partial charge in [0.05, 0.1) is 0 Å². The minimum Gasteiger partial charge on any atom is -0.317 e. The van der Waals surface area contributed by atoms with Crippen LogP contribution in [0.25, 0.3) is 0 Å². The van der Waals surface area contributed by atoms with Crippen molar-refractivity contribution in [1.29, 1.82) is 0 Å². The Bertz CT molecular complexity index is 231. The topological polar surface area (TPSA) is 66.6 Å². The molecule has 0 amide bonds. The summed E-state index contributed by atoms with van der Waals surface area (Å²) < 4.78 is 23.9. The Morgan fingerprint density at radius 1 is 1.25 bits per heavy atom. The van der Waals surface area contributed by atoms with Crippen molar-refractivity contribution in [2.45, 2.75) is 0 Å². The summed E-state index contributed by atoms with van der Waals surface area (Å²) in [5, 5.41) is 0. The Labute approximate surface area is 73.2 Å². The van der Waals surface area contributed by atoms with E-state index in [-0.39, 0.29) is 5.88 Å². The standard InChI is InChI=1S/C6H15N3O2S/c1-8-2-4-9(5-3-8)12(10,11)6-7/h2-7H2,1H3. The summed E-state index contributed by atoms with van der Waals surface area (Å²) in [7, 11) is -1.18. The maximum Gasteiger partial charge on any atom is 0.227 e. The number of likely N-dealkylation sites (N-methyl/N-ethyl adjacent to an activating group) is 1. The molecule has 1 fully saturated rings. The fraction of sp³-hybridized carbons (Fsp3) is 1.00. The molecule has 0 spiro atoms. The van der Waals surface area contributed by atoms with Gasteiger partial charge in [0.25, 0.3) is 0 Å². The minimum absolute atomic E-state index is 0.281. The van der Waals surface area contributed by atoms with E-state index in [0.29, 0.717) is 13.1 Å². The Kier molecular flexibility index (Phi) is 3.05. The van der Waals surface area contributed by atoms with E-state index < -0.39 is 10.0 Å². The van der Waals surface area contributed by atoms with Crippen molar-refractivity contribution < 1.29 is 8.42 Å². The number of piperazine rings is 1. The number of sulfonamides is 1. The van der Waals surface area contributed by atoms with E-state index >= 15 is 0 Å². The highest BCUT2D eigenvalue weighted by molar-refractivity contribution is 7.89. The minimum atomic E-state index is -3.16. The lowest BCUT2D eigenvalue weighted by Gasteiger charge is -2.31. The van der Waals surface area contributed by atoms with Crippen LogP contribution in [-0.2, 0) is 10.0 Å². The molecule has 1 aliphatic rings. The van der Waals surface area contributed by atoms with Crippen LogP contribution in [0.3, 0.4) is 0 Å². The van der Waals surface area contributed by atoms with Gasteiger partial charge in [-0.25, -0.2) is 8.42 Å². The van der Waals surface area contributed by atoms with Crippen LogP contribution in [0.1, 0.15) is 0 Å². The molecule has 0 saturated carbocycles. The van der Waals surface area contributed by atoms with Gasteiger partial charge in [0.1, 0.15) is 5.88 Å². The molecule has 5 nitrogen and oxygen atoms in total. The molecule has 1 saturated heterocycles. The number of nitrogens with two attached hydrogens (primary N) is 1. The van der Waals surface area contributed by atoms with E-state index in [4.69, 9.17) is 5.73 Å². The molecule has 0 aliphatic carbocycles. The molecule has 1 heterocycles. The van der Waals surface area contributed by atoms with Crippen molar-refractivity contribution in [2.24, 2.45) is 5.73 Å². The molecule has 12 heavy (non-hydrogen) atoms. The van der Waals surface area contributed by atoms with E-state index in [0.717, 1.165) is 13.1 Å². The summed E-state index contributed by atoms with van der Waals surface area (Å²) >= 11 is 0. The molecule has 0 aromatic carbocycles. The van der Waals surface area contributed by atoms with Crippen LogP contribution in [0.5, 0.6) is 0 Å². The molecule has 1 aliphatic heterocycles. The van der Waals surface area contributed by atoms with E-state index in [9.17, 15) is 8.42 Å². The molecule has 1 rings (SSSR count). The van der Waals surface area contributed by atoms with Crippen LogP contribution in [0.4, 0.5) is 0 Å². The molecular formula is C6H15N3O2S. The van der Waals surface area contributed by atoms with Crippen LogP contribution < -0.4 is 5.73 Å². The molecule has 0 aromatic rings. The normalized spacial score (nSPS) is 22.8. The van der Waals surface area contributed by atoms with Crippen LogP contribution >= 0.6 is 0 Å². The molecule has 0 atom stereocenters. The van der Waals surface area contributed by atoms with Crippen molar-refractivity contribution in [1.82, 2.24) is 9.21 Å². The van der Waals surface area contributed by atoms with E-state index in [1.165, 1.54) is 4.31 Å². The van der Waals surface area contributed by atoms with Gasteiger partial charge in [-0.15, -0.1) is 0 Å². The Morgan fingerprint density at radius 3 is 2.17 bits per heavy atom. The highest BCUT2D eigenvalue weighted by Gasteiger charge is 2.23. The highest BCUT2D eigenvalue weighted by Crippen LogP contribution is 2.04. The second-order valence-corrected chi connectivity index (χ2v) is 4.99. The summed E-state index contributed by atoms with van der Waals surface area (Å²) in [4.78, 5) is 2.10. The first-order valence-electron chi connectivity index (χ1n) is 3.92. The number of hydrogen-bond donors (Lipinski definition) is 1. The van der Waals surface area contributed by atoms with Gasteiger partial charge >= 0.3 is 0 Å². The van der Waals surface area contributed by atoms with Gasteiger partial charge < -0.3 is 10.6 Å². The molecule has 0 unspecified atom stereocenters. The van der Waals surface area contributed by atoms with Crippen molar-refractivity contribution in [3.63, 3.8) is 0 Å². The summed E-state index contributed by atoms with van der Waals surface area (Å²) in [5.74, 6) is -0.281. The van der Waals surface area contributed by atoms with Crippen LogP contribution in [0.2, 0.25) is 0 Å². The summed E-state index contributed by atoms with van der Waals surface area (Å²) in [6, 6.07) is 0. The van der Waals surface area contributed by atoms with Gasteiger partial charge in [0.2, 0.25) is 10.0 Å². The van der Waals surface area contributed by atoms with E-state index in [1.54, 1.807) is 0 Å². The number of nitrogens with zero attached hydrogens (tertiary/aromatic N) is 2. The first-order chi connectivity index (χ1) is 5.56. The number of hydrogen-bond acceptors (Lipinski definition) is 4. The SMILES string of the molecule is CN1CCN(S(=O)(=O)CN)CC1. The lowest BCUT2D eigenvalue weighted by atomic mass is 10.4. The first-order valence-corrected chi connectivity index (χ1v) is 5.53. The van der Waals surface area contributed by atoms with Gasteiger partial charge in [-0.2, -0.15) is 4.31 Å². The average molecular weight is 193 g/mol. The van der Waals surface area contributed by atoms with Gasteiger partial charge in [-0.3, -0.25) is 0 Å². The average Bonchev–Trinajstić information content (AvgIpc) is 2.05. The summed E-state index contributed by atoms with van der Waals surface area (Å²) in [6.07, 6.45) is 0. The molecular weight excluding hydrogens is 178 g/mol. The number of rotatable bonds is 2. The van der Waals surface area contributed by atoms with Crippen molar-refractivity contribution >= 4 is 10.0 Å². The van der Waals surface area contributed by atoms with Crippen LogP contribution in [-0.4, -0.2) is 56.7 Å². The zero-order chi connectivity index (χ0) is 9.19. The Balaban J connectivity index is 2.56. The van der Waals surface area contributed by atoms with Crippen LogP contribution in [0, 0.1) is 0 Å². The molecule has 72 valence electrons. The molecule has 6 heteroatoms. The zero-order valence-corrected chi connectivity index (χ0v) is 8.05. The largest absolute Gasteiger partial charge is 0.317 e. The maximum absolute atomic E-state index is 11.2. The lowest BCUT2D eigenvalue weighted by molar-refractivity contribution is 0.222. The van der Waals surface area contributed by atoms with Crippen molar-refractivity contribution in [3.05, 3.63) is 0 Å². The molecule has 0 aromatic heterocycles. The highest BCUT2D eigenvalue weighted by atomic mass is 32.2. The quantitative estimate of drug-likeness (QED) is 0.578. The molecule has 2 N–H and O–H groups in total. The first kappa shape index (κ1) is 9.91. The predicted octanol–water partition coefficient (Wildman–Crippen LogP) is -1.52. The van der Waals surface area contributed by atoms with Crippen molar-refractivity contribution in [3.8, 4) is 0 Å². The summed E-state index contributed by atoms with van der Waals surface area (Å²) in [6.45, 7) is 2.71.